The SMILES string of the molecule is CN1CCCN(C)C(C(=O)Cc2ccc(Br)cc2F)C1. The van der Waals surface area contributed by atoms with E-state index in [2.05, 4.69) is 25.7 Å². The van der Waals surface area contributed by atoms with E-state index in [-0.39, 0.29) is 24.1 Å². The maximum Gasteiger partial charge on any atom is 0.155 e. The fourth-order valence-corrected chi connectivity index (χ4v) is 2.92. The fraction of sp³-hybridized carbons (Fsp3) is 0.533. The summed E-state index contributed by atoms with van der Waals surface area (Å²) in [4.78, 5) is 16.7. The lowest BCUT2D eigenvalue weighted by Gasteiger charge is -2.26. The number of carbonyl (C=O) groups is 1. The van der Waals surface area contributed by atoms with Crippen molar-refractivity contribution in [2.75, 3.05) is 33.7 Å². The van der Waals surface area contributed by atoms with Gasteiger partial charge in [-0.2, -0.15) is 0 Å². The molecule has 1 aliphatic heterocycles. The molecule has 0 aromatic heterocycles. The van der Waals surface area contributed by atoms with Crippen LogP contribution < -0.4 is 0 Å². The summed E-state index contributed by atoms with van der Waals surface area (Å²) in [7, 11) is 4.00. The second-order valence-electron chi connectivity index (χ2n) is 5.49. The molecule has 1 aromatic rings. The molecule has 1 heterocycles. The van der Waals surface area contributed by atoms with Crippen molar-refractivity contribution in [3.63, 3.8) is 0 Å². The van der Waals surface area contributed by atoms with Crippen molar-refractivity contribution in [2.45, 2.75) is 18.9 Å². The first-order chi connectivity index (χ1) is 9.47. The van der Waals surface area contributed by atoms with Crippen molar-refractivity contribution in [3.05, 3.63) is 34.1 Å². The normalized spacial score (nSPS) is 21.7. The Morgan fingerprint density at radius 1 is 1.40 bits per heavy atom. The second-order valence-corrected chi connectivity index (χ2v) is 6.41. The van der Waals surface area contributed by atoms with E-state index in [1.807, 2.05) is 14.1 Å². The van der Waals surface area contributed by atoms with Crippen LogP contribution in [-0.4, -0.2) is 55.4 Å². The Kier molecular flexibility index (Phi) is 5.29. The van der Waals surface area contributed by atoms with Crippen LogP contribution in [0.2, 0.25) is 0 Å². The molecule has 1 aliphatic rings. The van der Waals surface area contributed by atoms with E-state index in [0.29, 0.717) is 16.6 Å². The van der Waals surface area contributed by atoms with Gasteiger partial charge in [-0.05, 0) is 51.3 Å². The van der Waals surface area contributed by atoms with Gasteiger partial charge < -0.3 is 4.90 Å². The number of rotatable bonds is 3. The molecule has 1 unspecified atom stereocenters. The smallest absolute Gasteiger partial charge is 0.155 e. The third kappa shape index (κ3) is 3.87. The molecule has 1 fully saturated rings. The molecule has 0 aliphatic carbocycles. The van der Waals surface area contributed by atoms with E-state index in [0.717, 1.165) is 19.5 Å². The van der Waals surface area contributed by atoms with Crippen molar-refractivity contribution in [1.82, 2.24) is 9.80 Å². The summed E-state index contributed by atoms with van der Waals surface area (Å²) in [5.74, 6) is -0.236. The fourth-order valence-electron chi connectivity index (χ4n) is 2.59. The number of likely N-dealkylation sites (N-methyl/N-ethyl adjacent to an activating group) is 2. The van der Waals surface area contributed by atoms with E-state index >= 15 is 0 Å². The first kappa shape index (κ1) is 15.6. The van der Waals surface area contributed by atoms with Crippen LogP contribution in [-0.2, 0) is 11.2 Å². The van der Waals surface area contributed by atoms with Gasteiger partial charge in [-0.25, -0.2) is 4.39 Å². The van der Waals surface area contributed by atoms with Crippen molar-refractivity contribution < 1.29 is 9.18 Å². The van der Waals surface area contributed by atoms with Crippen molar-refractivity contribution in [2.24, 2.45) is 0 Å². The molecule has 1 aromatic carbocycles. The molecular formula is C15H20BrFN2O. The largest absolute Gasteiger partial charge is 0.304 e. The molecule has 20 heavy (non-hydrogen) atoms. The van der Waals surface area contributed by atoms with Crippen LogP contribution in [0.1, 0.15) is 12.0 Å². The molecule has 0 bridgehead atoms. The quantitative estimate of drug-likeness (QED) is 0.842. The zero-order valence-corrected chi connectivity index (χ0v) is 13.5. The first-order valence-electron chi connectivity index (χ1n) is 6.83. The Hall–Kier alpha value is -0.780. The average Bonchev–Trinajstić information content (AvgIpc) is 2.54. The molecule has 110 valence electrons. The molecule has 0 amide bonds. The van der Waals surface area contributed by atoms with Gasteiger partial charge in [-0.15, -0.1) is 0 Å². The summed E-state index contributed by atoms with van der Waals surface area (Å²) in [6.45, 7) is 2.62. The van der Waals surface area contributed by atoms with Gasteiger partial charge in [0.2, 0.25) is 0 Å². The monoisotopic (exact) mass is 342 g/mol. The summed E-state index contributed by atoms with van der Waals surface area (Å²) in [6, 6.07) is 4.71. The highest BCUT2D eigenvalue weighted by atomic mass is 79.9. The molecule has 1 saturated heterocycles. The topological polar surface area (TPSA) is 23.6 Å². The summed E-state index contributed by atoms with van der Waals surface area (Å²) in [5.41, 5.74) is 0.471. The highest BCUT2D eigenvalue weighted by molar-refractivity contribution is 9.10. The number of benzene rings is 1. The van der Waals surface area contributed by atoms with Gasteiger partial charge in [0.05, 0.1) is 6.04 Å². The van der Waals surface area contributed by atoms with Gasteiger partial charge in [-0.3, -0.25) is 9.69 Å². The predicted octanol–water partition coefficient (Wildman–Crippen LogP) is 2.34. The zero-order chi connectivity index (χ0) is 14.7. The van der Waals surface area contributed by atoms with Gasteiger partial charge in [0, 0.05) is 17.4 Å². The summed E-state index contributed by atoms with van der Waals surface area (Å²) in [6.07, 6.45) is 1.21. The maximum atomic E-state index is 13.8. The van der Waals surface area contributed by atoms with Gasteiger partial charge in [0.1, 0.15) is 5.82 Å². The lowest BCUT2D eigenvalue weighted by molar-refractivity contribution is -0.123. The van der Waals surface area contributed by atoms with E-state index in [4.69, 9.17) is 0 Å². The Bertz CT molecular complexity index is 495. The zero-order valence-electron chi connectivity index (χ0n) is 11.9. The molecule has 0 saturated carbocycles. The number of hydrogen-bond donors (Lipinski definition) is 0. The number of nitrogens with zero attached hydrogens (tertiary/aromatic N) is 2. The van der Waals surface area contributed by atoms with Crippen LogP contribution in [0.4, 0.5) is 4.39 Å². The summed E-state index contributed by atoms with van der Waals surface area (Å²) in [5, 5.41) is 0. The molecule has 0 radical (unpaired) electrons. The van der Waals surface area contributed by atoms with Crippen LogP contribution >= 0.6 is 15.9 Å². The van der Waals surface area contributed by atoms with E-state index < -0.39 is 0 Å². The molecule has 0 spiro atoms. The molecule has 1 atom stereocenters. The standard InChI is InChI=1S/C15H20BrFN2O/c1-18-6-3-7-19(2)14(10-18)15(20)8-11-4-5-12(16)9-13(11)17/h4-5,9,14H,3,6-8,10H2,1-2H3. The predicted molar refractivity (Wildman–Crippen MR) is 81.3 cm³/mol. The highest BCUT2D eigenvalue weighted by Gasteiger charge is 2.27. The molecular weight excluding hydrogens is 323 g/mol. The van der Waals surface area contributed by atoms with Crippen molar-refractivity contribution >= 4 is 21.7 Å². The summed E-state index contributed by atoms with van der Waals surface area (Å²) >= 11 is 3.23. The van der Waals surface area contributed by atoms with Crippen LogP contribution in [0.5, 0.6) is 0 Å². The maximum absolute atomic E-state index is 13.8. The van der Waals surface area contributed by atoms with Gasteiger partial charge >= 0.3 is 0 Å². The van der Waals surface area contributed by atoms with E-state index in [1.54, 1.807) is 12.1 Å². The highest BCUT2D eigenvalue weighted by Crippen LogP contribution is 2.17. The van der Waals surface area contributed by atoms with E-state index in [1.165, 1.54) is 6.07 Å². The van der Waals surface area contributed by atoms with Crippen molar-refractivity contribution in [1.29, 1.82) is 0 Å². The Balaban J connectivity index is 2.09. The minimum absolute atomic E-state index is 0.0856. The van der Waals surface area contributed by atoms with E-state index in [9.17, 15) is 9.18 Å². The van der Waals surface area contributed by atoms with Crippen LogP contribution in [0.3, 0.4) is 0 Å². The average molecular weight is 343 g/mol. The minimum Gasteiger partial charge on any atom is -0.304 e. The van der Waals surface area contributed by atoms with Gasteiger partial charge in [0.25, 0.3) is 0 Å². The Labute approximate surface area is 127 Å². The molecule has 0 N–H and O–H groups in total. The molecule has 5 heteroatoms. The Morgan fingerprint density at radius 3 is 2.85 bits per heavy atom. The third-order valence-corrected chi connectivity index (χ3v) is 4.31. The lowest BCUT2D eigenvalue weighted by Crippen LogP contribution is -2.44. The minimum atomic E-state index is -0.322. The van der Waals surface area contributed by atoms with Gasteiger partial charge in [0.15, 0.2) is 5.78 Å². The first-order valence-corrected chi connectivity index (χ1v) is 7.62. The number of ketones is 1. The van der Waals surface area contributed by atoms with Gasteiger partial charge in [-0.1, -0.05) is 22.0 Å². The summed E-state index contributed by atoms with van der Waals surface area (Å²) < 4.78 is 14.5. The number of hydrogen-bond acceptors (Lipinski definition) is 3. The molecule has 3 nitrogen and oxygen atoms in total. The van der Waals surface area contributed by atoms with Crippen molar-refractivity contribution in [3.8, 4) is 0 Å². The third-order valence-electron chi connectivity index (χ3n) is 3.82. The number of Topliss-reactive ketones (excluding diaryl/α,β-unsaturated/α-hetero) is 1. The number of carbonyl (C=O) groups excluding carboxylic acids is 1. The van der Waals surface area contributed by atoms with Crippen LogP contribution in [0.25, 0.3) is 0 Å². The van der Waals surface area contributed by atoms with Crippen LogP contribution in [0, 0.1) is 5.82 Å². The lowest BCUT2D eigenvalue weighted by atomic mass is 10.0. The molecule has 2 rings (SSSR count). The Morgan fingerprint density at radius 2 is 2.15 bits per heavy atom. The second kappa shape index (κ2) is 6.78. The number of halogens is 2. The van der Waals surface area contributed by atoms with Crippen LogP contribution in [0.15, 0.2) is 22.7 Å².